The lowest BCUT2D eigenvalue weighted by Gasteiger charge is -2.34. The van der Waals surface area contributed by atoms with Crippen molar-refractivity contribution in [1.29, 1.82) is 0 Å². The summed E-state index contributed by atoms with van der Waals surface area (Å²) in [6, 6.07) is 0. The topological polar surface area (TPSA) is 60.2 Å². The molecule has 1 saturated heterocycles. The summed E-state index contributed by atoms with van der Waals surface area (Å²) < 4.78 is 7.44. The lowest BCUT2D eigenvalue weighted by molar-refractivity contribution is -0.117. The van der Waals surface area contributed by atoms with E-state index in [-0.39, 0.29) is 18.0 Å². The third-order valence-electron chi connectivity index (χ3n) is 3.16. The van der Waals surface area contributed by atoms with Gasteiger partial charge in [-0.25, -0.2) is 0 Å². The monoisotopic (exact) mass is 266 g/mol. The molecule has 0 radical (unpaired) electrons. The van der Waals surface area contributed by atoms with Crippen LogP contribution >= 0.6 is 0 Å². The average Bonchev–Trinajstić information content (AvgIpc) is 2.72. The van der Waals surface area contributed by atoms with Crippen LogP contribution in [0.4, 0.5) is 0 Å². The van der Waals surface area contributed by atoms with E-state index in [2.05, 4.69) is 29.1 Å². The Kier molecular flexibility index (Phi) is 4.66. The van der Waals surface area contributed by atoms with E-state index in [1.807, 2.05) is 6.20 Å². The Morgan fingerprint density at radius 2 is 2.11 bits per heavy atom. The molecule has 19 heavy (non-hydrogen) atoms. The third kappa shape index (κ3) is 4.40. The van der Waals surface area contributed by atoms with Gasteiger partial charge in [-0.2, -0.15) is 0 Å². The highest BCUT2D eigenvalue weighted by molar-refractivity contribution is 5.75. The van der Waals surface area contributed by atoms with Crippen LogP contribution in [0.15, 0.2) is 6.20 Å². The van der Waals surface area contributed by atoms with Crippen molar-refractivity contribution in [3.63, 3.8) is 0 Å². The predicted molar refractivity (Wildman–Crippen MR) is 70.6 cm³/mol. The number of Topliss-reactive ketones (excluding diaryl/α,β-unsaturated/α-hetero) is 1. The molecule has 1 fully saturated rings. The summed E-state index contributed by atoms with van der Waals surface area (Å²) in [6.45, 7) is 9.01. The number of aryl methyl sites for hydroxylation is 1. The van der Waals surface area contributed by atoms with Crippen LogP contribution in [0, 0.1) is 0 Å². The molecule has 0 N–H and O–H groups in total. The van der Waals surface area contributed by atoms with Crippen molar-refractivity contribution in [2.45, 2.75) is 52.5 Å². The number of carbonyl (C=O) groups excluding carboxylic acids is 1. The van der Waals surface area contributed by atoms with E-state index in [0.29, 0.717) is 13.0 Å². The van der Waals surface area contributed by atoms with Crippen LogP contribution in [-0.4, -0.2) is 51.0 Å². The fourth-order valence-electron chi connectivity index (χ4n) is 2.43. The zero-order valence-electron chi connectivity index (χ0n) is 11.9. The van der Waals surface area contributed by atoms with Gasteiger partial charge in [-0.1, -0.05) is 5.21 Å². The zero-order valence-corrected chi connectivity index (χ0v) is 11.9. The first-order chi connectivity index (χ1) is 9.02. The number of ether oxygens (including phenoxy) is 1. The predicted octanol–water partition coefficient (Wildman–Crippen LogP) is 0.866. The number of hydrogen-bond donors (Lipinski definition) is 0. The summed E-state index contributed by atoms with van der Waals surface area (Å²) >= 11 is 0. The lowest BCUT2D eigenvalue weighted by Crippen LogP contribution is -2.44. The smallest absolute Gasteiger partial charge is 0.131 e. The summed E-state index contributed by atoms with van der Waals surface area (Å²) in [4.78, 5) is 13.3. The highest BCUT2D eigenvalue weighted by Crippen LogP contribution is 2.12. The van der Waals surface area contributed by atoms with Crippen molar-refractivity contribution in [3.8, 4) is 0 Å². The fourth-order valence-corrected chi connectivity index (χ4v) is 2.43. The SMILES string of the molecule is CC(=O)CCn1cc(CN2C[C@@H](C)O[C@@H](C)C2)nn1. The van der Waals surface area contributed by atoms with Crippen molar-refractivity contribution >= 4 is 5.78 Å². The Morgan fingerprint density at radius 1 is 1.42 bits per heavy atom. The number of rotatable bonds is 5. The van der Waals surface area contributed by atoms with Crippen LogP contribution in [0.2, 0.25) is 0 Å². The minimum absolute atomic E-state index is 0.174. The van der Waals surface area contributed by atoms with Gasteiger partial charge >= 0.3 is 0 Å². The Labute approximate surface area is 113 Å². The van der Waals surface area contributed by atoms with Crippen molar-refractivity contribution in [2.75, 3.05) is 13.1 Å². The van der Waals surface area contributed by atoms with Gasteiger partial charge in [0, 0.05) is 38.8 Å². The van der Waals surface area contributed by atoms with E-state index >= 15 is 0 Å². The van der Waals surface area contributed by atoms with E-state index in [4.69, 9.17) is 4.74 Å². The Balaban J connectivity index is 1.87. The largest absolute Gasteiger partial charge is 0.373 e. The summed E-state index contributed by atoms with van der Waals surface area (Å²) in [5.74, 6) is 0.174. The van der Waals surface area contributed by atoms with Gasteiger partial charge < -0.3 is 4.74 Å². The standard InChI is InChI=1S/C13H22N4O2/c1-10(18)4-5-17-9-13(14-15-17)8-16-6-11(2)19-12(3)7-16/h9,11-12H,4-8H2,1-3H3/t11-,12+. The molecule has 1 aliphatic heterocycles. The molecule has 1 aromatic rings. The first-order valence-electron chi connectivity index (χ1n) is 6.79. The Morgan fingerprint density at radius 3 is 2.74 bits per heavy atom. The maximum atomic E-state index is 10.9. The number of morpholine rings is 1. The van der Waals surface area contributed by atoms with Crippen LogP contribution in [-0.2, 0) is 22.6 Å². The summed E-state index contributed by atoms with van der Waals surface area (Å²) in [7, 11) is 0. The molecular formula is C13H22N4O2. The van der Waals surface area contributed by atoms with Crippen LogP contribution in [0.1, 0.15) is 32.9 Å². The molecule has 0 unspecified atom stereocenters. The average molecular weight is 266 g/mol. The molecule has 6 nitrogen and oxygen atoms in total. The second-order valence-electron chi connectivity index (χ2n) is 5.38. The molecule has 2 atom stereocenters. The highest BCUT2D eigenvalue weighted by atomic mass is 16.5. The quantitative estimate of drug-likeness (QED) is 0.791. The molecule has 6 heteroatoms. The minimum atomic E-state index is 0.174. The Hall–Kier alpha value is -1.27. The summed E-state index contributed by atoms with van der Waals surface area (Å²) in [5.41, 5.74) is 0.949. The first kappa shape index (κ1) is 14.1. The molecule has 2 heterocycles. The zero-order chi connectivity index (χ0) is 13.8. The molecule has 0 aromatic carbocycles. The van der Waals surface area contributed by atoms with E-state index < -0.39 is 0 Å². The van der Waals surface area contributed by atoms with Gasteiger partial charge in [0.05, 0.1) is 17.9 Å². The molecule has 106 valence electrons. The fraction of sp³-hybridized carbons (Fsp3) is 0.769. The molecule has 0 saturated carbocycles. The normalized spacial score (nSPS) is 24.6. The second-order valence-corrected chi connectivity index (χ2v) is 5.38. The minimum Gasteiger partial charge on any atom is -0.373 e. The molecule has 0 aliphatic carbocycles. The molecular weight excluding hydrogens is 244 g/mol. The van der Waals surface area contributed by atoms with E-state index in [9.17, 15) is 4.79 Å². The van der Waals surface area contributed by atoms with Crippen molar-refractivity contribution in [1.82, 2.24) is 19.9 Å². The van der Waals surface area contributed by atoms with E-state index in [0.717, 1.165) is 25.3 Å². The molecule has 0 bridgehead atoms. The maximum Gasteiger partial charge on any atom is 0.131 e. The maximum absolute atomic E-state index is 10.9. The highest BCUT2D eigenvalue weighted by Gasteiger charge is 2.22. The van der Waals surface area contributed by atoms with Gasteiger partial charge in [0.2, 0.25) is 0 Å². The number of ketones is 1. The first-order valence-corrected chi connectivity index (χ1v) is 6.79. The number of carbonyl (C=O) groups is 1. The second kappa shape index (κ2) is 6.25. The summed E-state index contributed by atoms with van der Waals surface area (Å²) in [5, 5.41) is 8.21. The number of nitrogens with zero attached hydrogens (tertiary/aromatic N) is 4. The summed E-state index contributed by atoms with van der Waals surface area (Å²) in [6.07, 6.45) is 2.95. The van der Waals surface area contributed by atoms with Crippen molar-refractivity contribution in [2.24, 2.45) is 0 Å². The van der Waals surface area contributed by atoms with E-state index in [1.165, 1.54) is 0 Å². The van der Waals surface area contributed by atoms with Gasteiger partial charge in [0.1, 0.15) is 5.78 Å². The Bertz CT molecular complexity index is 422. The molecule has 1 aliphatic rings. The molecule has 0 spiro atoms. The van der Waals surface area contributed by atoms with Crippen LogP contribution in [0.3, 0.4) is 0 Å². The van der Waals surface area contributed by atoms with Gasteiger partial charge in [-0.05, 0) is 20.8 Å². The van der Waals surface area contributed by atoms with Crippen molar-refractivity contribution in [3.05, 3.63) is 11.9 Å². The van der Waals surface area contributed by atoms with Gasteiger partial charge in [0.15, 0.2) is 0 Å². The van der Waals surface area contributed by atoms with E-state index in [1.54, 1.807) is 11.6 Å². The van der Waals surface area contributed by atoms with Gasteiger partial charge in [-0.3, -0.25) is 14.4 Å². The van der Waals surface area contributed by atoms with Gasteiger partial charge in [-0.15, -0.1) is 5.10 Å². The van der Waals surface area contributed by atoms with Crippen LogP contribution < -0.4 is 0 Å². The molecule has 2 rings (SSSR count). The molecule has 0 amide bonds. The van der Waals surface area contributed by atoms with Gasteiger partial charge in [0.25, 0.3) is 0 Å². The number of hydrogen-bond acceptors (Lipinski definition) is 5. The number of aromatic nitrogens is 3. The third-order valence-corrected chi connectivity index (χ3v) is 3.16. The van der Waals surface area contributed by atoms with Crippen LogP contribution in [0.5, 0.6) is 0 Å². The molecule has 1 aromatic heterocycles. The van der Waals surface area contributed by atoms with Crippen molar-refractivity contribution < 1.29 is 9.53 Å². The van der Waals surface area contributed by atoms with Crippen LogP contribution in [0.25, 0.3) is 0 Å². The lowest BCUT2D eigenvalue weighted by atomic mass is 10.2.